The first-order valence-electron chi connectivity index (χ1n) is 13.3. The highest BCUT2D eigenvalue weighted by atomic mass is 15.1. The molecule has 5 heteroatoms. The quantitative estimate of drug-likeness (QED) is 0.238. The van der Waals surface area contributed by atoms with Gasteiger partial charge in [-0.1, -0.05) is 48.5 Å². The molecule has 0 N–H and O–H groups in total. The number of rotatable bonds is 4. The molecule has 0 aliphatic rings. The predicted molar refractivity (Wildman–Crippen MR) is 161 cm³/mol. The Hall–Kier alpha value is -5.55. The molecule has 0 saturated heterocycles. The summed E-state index contributed by atoms with van der Waals surface area (Å²) in [5.74, 6) is 0. The number of nitrogens with zero attached hydrogens (tertiary/aromatic N) is 5. The second-order valence-corrected chi connectivity index (χ2v) is 9.89. The number of pyridine rings is 3. The molecule has 40 heavy (non-hydrogen) atoms. The maximum atomic E-state index is 4.96. The fraction of sp³-hybridized carbons (Fsp3) is 0. The lowest BCUT2D eigenvalue weighted by molar-refractivity contribution is 1.09. The van der Waals surface area contributed by atoms with Crippen LogP contribution in [-0.2, 0) is 0 Å². The van der Waals surface area contributed by atoms with E-state index in [2.05, 4.69) is 110 Å². The Morgan fingerprint density at radius 2 is 1.18 bits per heavy atom. The molecule has 0 radical (unpaired) electrons. The van der Waals surface area contributed by atoms with Gasteiger partial charge in [0.1, 0.15) is 11.2 Å². The van der Waals surface area contributed by atoms with Crippen LogP contribution >= 0.6 is 0 Å². The Bertz CT molecular complexity index is 2080. The van der Waals surface area contributed by atoms with Gasteiger partial charge in [0.05, 0.1) is 5.52 Å². The molecule has 188 valence electrons. The normalized spacial score (nSPS) is 11.5. The van der Waals surface area contributed by atoms with Crippen LogP contribution in [0.2, 0.25) is 0 Å². The molecular formula is C35H23N5. The minimum absolute atomic E-state index is 0.943. The summed E-state index contributed by atoms with van der Waals surface area (Å²) < 4.78 is 4.47. The van der Waals surface area contributed by atoms with Gasteiger partial charge in [0.15, 0.2) is 5.65 Å². The molecule has 5 nitrogen and oxygen atoms in total. The van der Waals surface area contributed by atoms with Crippen LogP contribution in [0.25, 0.3) is 66.8 Å². The van der Waals surface area contributed by atoms with E-state index < -0.39 is 0 Å². The van der Waals surface area contributed by atoms with E-state index in [1.807, 2.05) is 36.7 Å². The van der Waals surface area contributed by atoms with Gasteiger partial charge < -0.3 is 0 Å². The van der Waals surface area contributed by atoms with E-state index in [1.54, 1.807) is 12.4 Å². The second kappa shape index (κ2) is 9.03. The second-order valence-electron chi connectivity index (χ2n) is 9.89. The highest BCUT2D eigenvalue weighted by Gasteiger charge is 2.17. The zero-order valence-corrected chi connectivity index (χ0v) is 21.5. The predicted octanol–water partition coefficient (Wildman–Crippen LogP) is 8.22. The number of para-hydroxylation sites is 1. The van der Waals surface area contributed by atoms with Crippen LogP contribution < -0.4 is 0 Å². The summed E-state index contributed by atoms with van der Waals surface area (Å²) in [6.45, 7) is 0. The summed E-state index contributed by atoms with van der Waals surface area (Å²) in [6.07, 6.45) is 9.51. The summed E-state index contributed by atoms with van der Waals surface area (Å²) in [4.78, 5) is 13.7. The van der Waals surface area contributed by atoms with Crippen LogP contribution in [0, 0.1) is 0 Å². The van der Waals surface area contributed by atoms with E-state index >= 15 is 0 Å². The SMILES string of the molecule is c1cncc(-c2cc(-c3ccc(-n4c5ccccc5c5nc6ccccn6c54)cc3)cc(-c3cccnc3)c2)c1. The standard InChI is InChI=1S/C35H23N5/c1-2-10-32-31(9-1)34-35(39-18-4-3-11-33(39)38-34)40(32)30-14-12-24(13-15-30)27-19-28(25-7-5-16-36-22-25)21-29(20-27)26-8-6-17-37-23-26/h1-23H. The third kappa shape index (κ3) is 3.60. The van der Waals surface area contributed by atoms with Gasteiger partial charge in [-0.15, -0.1) is 0 Å². The minimum atomic E-state index is 0.943. The van der Waals surface area contributed by atoms with Gasteiger partial charge in [-0.05, 0) is 82.9 Å². The van der Waals surface area contributed by atoms with Crippen molar-refractivity contribution in [2.24, 2.45) is 0 Å². The van der Waals surface area contributed by atoms with Gasteiger partial charge in [-0.3, -0.25) is 18.9 Å². The Morgan fingerprint density at radius 3 is 1.85 bits per heavy atom. The molecule has 0 aliphatic heterocycles. The minimum Gasteiger partial charge on any atom is -0.294 e. The average molecular weight is 514 g/mol. The highest BCUT2D eigenvalue weighted by Crippen LogP contribution is 2.35. The smallest absolute Gasteiger partial charge is 0.150 e. The zero-order chi connectivity index (χ0) is 26.5. The van der Waals surface area contributed by atoms with Crippen LogP contribution in [0.5, 0.6) is 0 Å². The van der Waals surface area contributed by atoms with Crippen molar-refractivity contribution < 1.29 is 0 Å². The third-order valence-corrected chi connectivity index (χ3v) is 7.50. The van der Waals surface area contributed by atoms with Gasteiger partial charge in [-0.25, -0.2) is 4.98 Å². The molecule has 8 aromatic rings. The fourth-order valence-electron chi connectivity index (χ4n) is 5.62. The Balaban J connectivity index is 1.29. The monoisotopic (exact) mass is 513 g/mol. The van der Waals surface area contributed by atoms with Crippen molar-refractivity contribution in [3.05, 3.63) is 140 Å². The summed E-state index contributed by atoms with van der Waals surface area (Å²) in [5.41, 5.74) is 12.0. The molecule has 0 unspecified atom stereocenters. The number of aromatic nitrogens is 5. The summed E-state index contributed by atoms with van der Waals surface area (Å²) in [5, 5.41) is 1.15. The van der Waals surface area contributed by atoms with E-state index in [-0.39, 0.29) is 0 Å². The number of imidazole rings is 1. The lowest BCUT2D eigenvalue weighted by atomic mass is 9.94. The van der Waals surface area contributed by atoms with Crippen molar-refractivity contribution in [2.75, 3.05) is 0 Å². The van der Waals surface area contributed by atoms with Gasteiger partial charge in [0.2, 0.25) is 0 Å². The topological polar surface area (TPSA) is 48.0 Å². The molecule has 0 bridgehead atoms. The van der Waals surface area contributed by atoms with Crippen molar-refractivity contribution in [1.29, 1.82) is 0 Å². The molecule has 5 heterocycles. The van der Waals surface area contributed by atoms with Crippen LogP contribution in [0.15, 0.2) is 140 Å². The molecule has 0 saturated carbocycles. The number of hydrogen-bond acceptors (Lipinski definition) is 3. The first-order valence-corrected chi connectivity index (χ1v) is 13.3. The molecule has 0 spiro atoms. The van der Waals surface area contributed by atoms with Gasteiger partial charge in [0, 0.05) is 53.2 Å². The number of fused-ring (bicyclic) bond motifs is 5. The average Bonchev–Trinajstić information content (AvgIpc) is 3.57. The molecule has 5 aromatic heterocycles. The first-order chi connectivity index (χ1) is 19.8. The fourth-order valence-corrected chi connectivity index (χ4v) is 5.62. The third-order valence-electron chi connectivity index (χ3n) is 7.50. The van der Waals surface area contributed by atoms with E-state index in [0.717, 1.165) is 66.8 Å². The van der Waals surface area contributed by atoms with Gasteiger partial charge >= 0.3 is 0 Å². The highest BCUT2D eigenvalue weighted by molar-refractivity contribution is 6.07. The van der Waals surface area contributed by atoms with E-state index in [0.29, 0.717) is 0 Å². The largest absolute Gasteiger partial charge is 0.294 e. The Morgan fingerprint density at radius 1 is 0.525 bits per heavy atom. The van der Waals surface area contributed by atoms with Crippen molar-refractivity contribution in [3.8, 4) is 39.1 Å². The summed E-state index contributed by atoms with van der Waals surface area (Å²) in [6, 6.07) is 38.2. The maximum absolute atomic E-state index is 4.96. The molecule has 0 amide bonds. The van der Waals surface area contributed by atoms with Crippen LogP contribution in [0.1, 0.15) is 0 Å². The Labute approximate surface area is 230 Å². The molecule has 8 rings (SSSR count). The summed E-state index contributed by atoms with van der Waals surface area (Å²) >= 11 is 0. The maximum Gasteiger partial charge on any atom is 0.150 e. The molecular weight excluding hydrogens is 490 g/mol. The van der Waals surface area contributed by atoms with Crippen molar-refractivity contribution >= 4 is 27.7 Å². The lowest BCUT2D eigenvalue weighted by Crippen LogP contribution is -1.97. The lowest BCUT2D eigenvalue weighted by Gasteiger charge is -2.12. The first kappa shape index (κ1) is 22.4. The molecule has 0 atom stereocenters. The van der Waals surface area contributed by atoms with Crippen LogP contribution in [0.4, 0.5) is 0 Å². The molecule has 0 fully saturated rings. The number of hydrogen-bond donors (Lipinski definition) is 0. The van der Waals surface area contributed by atoms with Crippen LogP contribution in [0.3, 0.4) is 0 Å². The van der Waals surface area contributed by atoms with Gasteiger partial charge in [0.25, 0.3) is 0 Å². The van der Waals surface area contributed by atoms with E-state index in [1.165, 1.54) is 0 Å². The van der Waals surface area contributed by atoms with Crippen molar-refractivity contribution in [3.63, 3.8) is 0 Å². The zero-order valence-electron chi connectivity index (χ0n) is 21.5. The van der Waals surface area contributed by atoms with Crippen molar-refractivity contribution in [1.82, 2.24) is 23.9 Å². The van der Waals surface area contributed by atoms with E-state index in [4.69, 9.17) is 4.98 Å². The van der Waals surface area contributed by atoms with Crippen LogP contribution in [-0.4, -0.2) is 23.9 Å². The number of benzene rings is 3. The molecule has 3 aromatic carbocycles. The Kier molecular flexibility index (Phi) is 5.07. The summed E-state index contributed by atoms with van der Waals surface area (Å²) in [7, 11) is 0. The molecule has 0 aliphatic carbocycles. The van der Waals surface area contributed by atoms with Gasteiger partial charge in [-0.2, -0.15) is 0 Å². The van der Waals surface area contributed by atoms with E-state index in [9.17, 15) is 0 Å². The van der Waals surface area contributed by atoms with Crippen molar-refractivity contribution in [2.45, 2.75) is 0 Å².